The van der Waals surface area contributed by atoms with Crippen molar-refractivity contribution in [3.63, 3.8) is 0 Å². The molecule has 23 heavy (non-hydrogen) atoms. The Bertz CT molecular complexity index is 408. The molecular weight excluding hydrogens is 290 g/mol. The first-order valence-electron chi connectivity index (χ1n) is 9.11. The minimum absolute atomic E-state index is 0.170. The molecule has 4 unspecified atom stereocenters. The molecule has 134 valence electrons. The summed E-state index contributed by atoms with van der Waals surface area (Å²) in [5.74, 6) is 0. The van der Waals surface area contributed by atoms with E-state index in [4.69, 9.17) is 4.74 Å². The zero-order valence-corrected chi connectivity index (χ0v) is 15.8. The lowest BCUT2D eigenvalue weighted by molar-refractivity contribution is 0.00848. The zero-order valence-electron chi connectivity index (χ0n) is 15.8. The van der Waals surface area contributed by atoms with Crippen molar-refractivity contribution in [3.05, 3.63) is 0 Å². The van der Waals surface area contributed by atoms with Crippen molar-refractivity contribution in [2.45, 2.75) is 90.1 Å². The summed E-state index contributed by atoms with van der Waals surface area (Å²) in [5.41, 5.74) is -0.420. The number of hydrogen-bond donors (Lipinski definition) is 1. The van der Waals surface area contributed by atoms with E-state index < -0.39 is 5.60 Å². The highest BCUT2D eigenvalue weighted by Crippen LogP contribution is 2.23. The monoisotopic (exact) mass is 325 g/mol. The molecule has 0 bridgehead atoms. The molecule has 2 rings (SSSR count). The molecular formula is C18H35N3O2. The van der Waals surface area contributed by atoms with Gasteiger partial charge in [0.15, 0.2) is 0 Å². The maximum atomic E-state index is 12.3. The van der Waals surface area contributed by atoms with E-state index in [2.05, 4.69) is 31.1 Å². The van der Waals surface area contributed by atoms with E-state index in [1.165, 1.54) is 19.4 Å². The summed E-state index contributed by atoms with van der Waals surface area (Å²) in [6.45, 7) is 12.2. The van der Waals surface area contributed by atoms with Gasteiger partial charge in [-0.25, -0.2) is 4.79 Å². The van der Waals surface area contributed by atoms with Gasteiger partial charge < -0.3 is 19.9 Å². The molecule has 2 fully saturated rings. The molecule has 2 saturated heterocycles. The third-order valence-corrected chi connectivity index (χ3v) is 5.18. The fourth-order valence-electron chi connectivity index (χ4n) is 3.69. The Kier molecular flexibility index (Phi) is 5.95. The topological polar surface area (TPSA) is 44.8 Å². The van der Waals surface area contributed by atoms with E-state index >= 15 is 0 Å². The van der Waals surface area contributed by atoms with E-state index in [0.29, 0.717) is 18.1 Å². The molecule has 0 saturated carbocycles. The molecule has 1 N–H and O–H groups in total. The lowest BCUT2D eigenvalue weighted by Gasteiger charge is -2.42. The second kappa shape index (κ2) is 7.39. The number of ether oxygens (including phenoxy) is 1. The van der Waals surface area contributed by atoms with E-state index in [9.17, 15) is 4.79 Å². The van der Waals surface area contributed by atoms with Gasteiger partial charge in [0.2, 0.25) is 0 Å². The first kappa shape index (κ1) is 18.5. The predicted molar refractivity (Wildman–Crippen MR) is 93.7 cm³/mol. The van der Waals surface area contributed by atoms with Gasteiger partial charge in [0.25, 0.3) is 0 Å². The number of carbonyl (C=O) groups is 1. The second-order valence-electron chi connectivity index (χ2n) is 8.46. The number of likely N-dealkylation sites (tertiary alicyclic amines) is 2. The van der Waals surface area contributed by atoms with Crippen LogP contribution in [0.25, 0.3) is 0 Å². The Morgan fingerprint density at radius 1 is 1.04 bits per heavy atom. The predicted octanol–water partition coefficient (Wildman–Crippen LogP) is 2.85. The molecule has 1 amide bonds. The number of nitrogens with zero attached hydrogens (tertiary/aromatic N) is 2. The van der Waals surface area contributed by atoms with Crippen molar-refractivity contribution in [1.82, 2.24) is 15.1 Å². The Morgan fingerprint density at radius 3 is 2.13 bits per heavy atom. The van der Waals surface area contributed by atoms with Gasteiger partial charge in [0, 0.05) is 30.7 Å². The van der Waals surface area contributed by atoms with Crippen LogP contribution in [-0.4, -0.2) is 65.8 Å². The Labute approximate surface area is 141 Å². The first-order chi connectivity index (χ1) is 10.7. The summed E-state index contributed by atoms with van der Waals surface area (Å²) in [5, 5.41) is 3.84. The standard InChI is InChI=1S/C18H35N3O2/c1-13-11-15(7-9-20(13)6)19-16-8-10-21(14(2)12-16)17(22)23-18(3,4)5/h13-16,19H,7-12H2,1-6H3. The van der Waals surface area contributed by atoms with Crippen molar-refractivity contribution >= 4 is 6.09 Å². The smallest absolute Gasteiger partial charge is 0.410 e. The van der Waals surface area contributed by atoms with Crippen LogP contribution < -0.4 is 5.32 Å². The molecule has 0 aliphatic carbocycles. The van der Waals surface area contributed by atoms with Crippen LogP contribution >= 0.6 is 0 Å². The summed E-state index contributed by atoms with van der Waals surface area (Å²) in [6.07, 6.45) is 4.31. The van der Waals surface area contributed by atoms with Gasteiger partial charge in [0.05, 0.1) is 0 Å². The van der Waals surface area contributed by atoms with Crippen LogP contribution in [0, 0.1) is 0 Å². The maximum Gasteiger partial charge on any atom is 0.410 e. The van der Waals surface area contributed by atoms with Crippen LogP contribution in [-0.2, 0) is 4.74 Å². The molecule has 5 nitrogen and oxygen atoms in total. The van der Waals surface area contributed by atoms with Gasteiger partial charge >= 0.3 is 6.09 Å². The van der Waals surface area contributed by atoms with Crippen LogP contribution in [0.3, 0.4) is 0 Å². The number of amides is 1. The summed E-state index contributed by atoms with van der Waals surface area (Å²) < 4.78 is 5.52. The zero-order chi connectivity index (χ0) is 17.2. The van der Waals surface area contributed by atoms with E-state index in [0.717, 1.165) is 19.4 Å². The largest absolute Gasteiger partial charge is 0.444 e. The number of rotatable bonds is 2. The average Bonchev–Trinajstić information content (AvgIpc) is 2.41. The van der Waals surface area contributed by atoms with Crippen LogP contribution in [0.5, 0.6) is 0 Å². The Balaban J connectivity index is 1.81. The molecule has 5 heteroatoms. The lowest BCUT2D eigenvalue weighted by Crippen LogP contribution is -2.54. The van der Waals surface area contributed by atoms with Gasteiger partial charge in [-0.2, -0.15) is 0 Å². The van der Waals surface area contributed by atoms with Crippen LogP contribution in [0.15, 0.2) is 0 Å². The average molecular weight is 325 g/mol. The summed E-state index contributed by atoms with van der Waals surface area (Å²) in [4.78, 5) is 16.6. The van der Waals surface area contributed by atoms with Gasteiger partial charge in [-0.15, -0.1) is 0 Å². The molecule has 2 aliphatic heterocycles. The van der Waals surface area contributed by atoms with Crippen molar-refractivity contribution in [2.24, 2.45) is 0 Å². The Hall–Kier alpha value is -0.810. The van der Waals surface area contributed by atoms with Crippen LogP contribution in [0.2, 0.25) is 0 Å². The minimum atomic E-state index is -0.420. The molecule has 2 aliphatic rings. The van der Waals surface area contributed by atoms with Crippen LogP contribution in [0.1, 0.15) is 60.3 Å². The quantitative estimate of drug-likeness (QED) is 0.848. The number of hydrogen-bond acceptors (Lipinski definition) is 4. The molecule has 0 aromatic carbocycles. The lowest BCUT2D eigenvalue weighted by atomic mass is 9.94. The summed E-state index contributed by atoms with van der Waals surface area (Å²) in [7, 11) is 2.21. The third-order valence-electron chi connectivity index (χ3n) is 5.18. The number of carbonyl (C=O) groups excluding carboxylic acids is 1. The Morgan fingerprint density at radius 2 is 1.61 bits per heavy atom. The third kappa shape index (κ3) is 5.35. The highest BCUT2D eigenvalue weighted by Gasteiger charge is 2.33. The molecule has 0 aromatic heterocycles. The summed E-state index contributed by atoms with van der Waals surface area (Å²) in [6, 6.07) is 2.02. The van der Waals surface area contributed by atoms with Crippen LogP contribution in [0.4, 0.5) is 4.79 Å². The van der Waals surface area contributed by atoms with Crippen molar-refractivity contribution in [2.75, 3.05) is 20.1 Å². The maximum absolute atomic E-state index is 12.3. The molecule has 4 atom stereocenters. The number of nitrogens with one attached hydrogen (secondary N) is 1. The SMILES string of the molecule is CC1CC(NC2CCN(C(=O)OC(C)(C)C)C(C)C2)CCN1C. The van der Waals surface area contributed by atoms with Gasteiger partial charge in [0.1, 0.15) is 5.60 Å². The van der Waals surface area contributed by atoms with Gasteiger partial charge in [-0.1, -0.05) is 0 Å². The first-order valence-corrected chi connectivity index (χ1v) is 9.11. The fourth-order valence-corrected chi connectivity index (χ4v) is 3.69. The fraction of sp³-hybridized carbons (Fsp3) is 0.944. The molecule has 0 aromatic rings. The van der Waals surface area contributed by atoms with E-state index in [-0.39, 0.29) is 12.1 Å². The van der Waals surface area contributed by atoms with Crippen molar-refractivity contribution in [3.8, 4) is 0 Å². The van der Waals surface area contributed by atoms with E-state index in [1.807, 2.05) is 25.7 Å². The highest BCUT2D eigenvalue weighted by atomic mass is 16.6. The normalized spacial score (nSPS) is 33.6. The number of piperidine rings is 2. The van der Waals surface area contributed by atoms with Crippen molar-refractivity contribution < 1.29 is 9.53 Å². The van der Waals surface area contributed by atoms with Gasteiger partial charge in [-0.3, -0.25) is 0 Å². The highest BCUT2D eigenvalue weighted by molar-refractivity contribution is 5.68. The minimum Gasteiger partial charge on any atom is -0.444 e. The molecule has 2 heterocycles. The van der Waals surface area contributed by atoms with Crippen molar-refractivity contribution in [1.29, 1.82) is 0 Å². The van der Waals surface area contributed by atoms with E-state index in [1.54, 1.807) is 0 Å². The van der Waals surface area contributed by atoms with Gasteiger partial charge in [-0.05, 0) is 73.9 Å². The molecule has 0 radical (unpaired) electrons. The second-order valence-corrected chi connectivity index (χ2v) is 8.46. The summed E-state index contributed by atoms with van der Waals surface area (Å²) >= 11 is 0. The molecule has 0 spiro atoms.